The highest BCUT2D eigenvalue weighted by molar-refractivity contribution is 5.97. The number of ether oxygens (including phenoxy) is 1. The second-order valence-electron chi connectivity index (χ2n) is 3.99. The minimum absolute atomic E-state index is 0.0448. The molecule has 0 atom stereocenters. The second kappa shape index (κ2) is 5.36. The first-order valence-electron chi connectivity index (χ1n) is 5.64. The lowest BCUT2D eigenvalue weighted by Crippen LogP contribution is -2.03. The summed E-state index contributed by atoms with van der Waals surface area (Å²) in [4.78, 5) is 12.0. The molecule has 1 N–H and O–H groups in total. The van der Waals surface area contributed by atoms with Gasteiger partial charge in [-0.2, -0.15) is 0 Å². The Bertz CT molecular complexity index is 527. The maximum atomic E-state index is 12.0. The fourth-order valence-corrected chi connectivity index (χ4v) is 1.68. The van der Waals surface area contributed by atoms with Gasteiger partial charge in [-0.25, -0.2) is 0 Å². The number of rotatable bonds is 4. The predicted molar refractivity (Wildman–Crippen MR) is 69.1 cm³/mol. The number of carbonyl (C=O) groups excluding carboxylic acids is 1. The zero-order valence-electron chi connectivity index (χ0n) is 10.1. The molecule has 18 heavy (non-hydrogen) atoms. The third-order valence-electron chi connectivity index (χ3n) is 2.71. The first kappa shape index (κ1) is 12.2. The summed E-state index contributed by atoms with van der Waals surface area (Å²) >= 11 is 0. The first-order valence-corrected chi connectivity index (χ1v) is 5.64. The molecule has 0 aliphatic heterocycles. The third-order valence-corrected chi connectivity index (χ3v) is 2.71. The Balaban J connectivity index is 2.09. The van der Waals surface area contributed by atoms with Gasteiger partial charge >= 0.3 is 0 Å². The molecule has 3 heteroatoms. The van der Waals surface area contributed by atoms with Crippen LogP contribution in [-0.4, -0.2) is 18.0 Å². The first-order chi connectivity index (χ1) is 8.69. The molecule has 0 fully saturated rings. The van der Waals surface area contributed by atoms with Gasteiger partial charge in [-0.1, -0.05) is 12.1 Å². The molecule has 0 saturated carbocycles. The summed E-state index contributed by atoms with van der Waals surface area (Å²) in [6.07, 6.45) is 0.326. The number of hydrogen-bond donors (Lipinski definition) is 1. The number of hydrogen-bond acceptors (Lipinski definition) is 3. The van der Waals surface area contributed by atoms with Gasteiger partial charge in [-0.3, -0.25) is 4.79 Å². The Morgan fingerprint density at radius 2 is 1.67 bits per heavy atom. The molecule has 2 aromatic rings. The van der Waals surface area contributed by atoms with E-state index in [1.54, 1.807) is 55.6 Å². The fraction of sp³-hybridized carbons (Fsp3) is 0.133. The molecular formula is C15H14O3. The Labute approximate surface area is 106 Å². The van der Waals surface area contributed by atoms with Crippen LogP contribution in [0.5, 0.6) is 11.5 Å². The molecule has 0 radical (unpaired) electrons. The molecule has 2 aromatic carbocycles. The van der Waals surface area contributed by atoms with Gasteiger partial charge in [-0.05, 0) is 42.0 Å². The standard InChI is InChI=1S/C15H14O3/c1-18-14-8-4-12(5-9-14)15(17)10-11-2-6-13(16)7-3-11/h2-9,16H,10H2,1H3. The average Bonchev–Trinajstić information content (AvgIpc) is 2.41. The van der Waals surface area contributed by atoms with E-state index >= 15 is 0 Å². The molecule has 2 rings (SSSR count). The van der Waals surface area contributed by atoms with Crippen LogP contribution in [0.3, 0.4) is 0 Å². The number of methoxy groups -OCH3 is 1. The van der Waals surface area contributed by atoms with Gasteiger partial charge in [0.25, 0.3) is 0 Å². The van der Waals surface area contributed by atoms with E-state index in [0.29, 0.717) is 12.0 Å². The lowest BCUT2D eigenvalue weighted by Gasteiger charge is -2.03. The van der Waals surface area contributed by atoms with E-state index in [-0.39, 0.29) is 11.5 Å². The van der Waals surface area contributed by atoms with Crippen LogP contribution in [0.15, 0.2) is 48.5 Å². The lowest BCUT2D eigenvalue weighted by molar-refractivity contribution is 0.0993. The number of aromatic hydroxyl groups is 1. The van der Waals surface area contributed by atoms with E-state index in [2.05, 4.69) is 0 Å². The zero-order valence-corrected chi connectivity index (χ0v) is 10.1. The Morgan fingerprint density at radius 1 is 1.06 bits per heavy atom. The van der Waals surface area contributed by atoms with Crippen molar-refractivity contribution in [3.05, 3.63) is 59.7 Å². The molecule has 0 aromatic heterocycles. The minimum atomic E-state index is 0.0448. The molecule has 0 amide bonds. The van der Waals surface area contributed by atoms with Crippen LogP contribution in [0.25, 0.3) is 0 Å². The molecule has 0 spiro atoms. The normalized spacial score (nSPS) is 10.1. The van der Waals surface area contributed by atoms with E-state index in [1.807, 2.05) is 0 Å². The monoisotopic (exact) mass is 242 g/mol. The molecular weight excluding hydrogens is 228 g/mol. The predicted octanol–water partition coefficient (Wildman–Crippen LogP) is 2.83. The number of Topliss-reactive ketones (excluding diaryl/α,β-unsaturated/α-hetero) is 1. The highest BCUT2D eigenvalue weighted by Gasteiger charge is 2.07. The van der Waals surface area contributed by atoms with Crippen LogP contribution in [0.2, 0.25) is 0 Å². The van der Waals surface area contributed by atoms with Gasteiger partial charge in [0.15, 0.2) is 5.78 Å². The van der Waals surface area contributed by atoms with Crippen molar-refractivity contribution in [3.63, 3.8) is 0 Å². The van der Waals surface area contributed by atoms with E-state index < -0.39 is 0 Å². The van der Waals surface area contributed by atoms with Crippen molar-refractivity contribution in [1.29, 1.82) is 0 Å². The number of carbonyl (C=O) groups is 1. The summed E-state index contributed by atoms with van der Waals surface area (Å²) in [5, 5.41) is 9.17. The van der Waals surface area contributed by atoms with Crippen LogP contribution in [0.1, 0.15) is 15.9 Å². The summed E-state index contributed by atoms with van der Waals surface area (Å²) in [5.41, 5.74) is 1.54. The maximum Gasteiger partial charge on any atom is 0.167 e. The smallest absolute Gasteiger partial charge is 0.167 e. The summed E-state index contributed by atoms with van der Waals surface area (Å²) in [7, 11) is 1.59. The van der Waals surface area contributed by atoms with Gasteiger partial charge < -0.3 is 9.84 Å². The van der Waals surface area contributed by atoms with Gasteiger partial charge in [0.1, 0.15) is 11.5 Å². The number of phenols is 1. The van der Waals surface area contributed by atoms with Crippen molar-refractivity contribution in [1.82, 2.24) is 0 Å². The largest absolute Gasteiger partial charge is 0.508 e. The quantitative estimate of drug-likeness (QED) is 0.838. The van der Waals surface area contributed by atoms with Gasteiger partial charge in [0.2, 0.25) is 0 Å². The van der Waals surface area contributed by atoms with E-state index in [0.717, 1.165) is 11.3 Å². The zero-order chi connectivity index (χ0) is 13.0. The lowest BCUT2D eigenvalue weighted by atomic mass is 10.0. The van der Waals surface area contributed by atoms with Gasteiger partial charge in [0, 0.05) is 12.0 Å². The molecule has 0 heterocycles. The van der Waals surface area contributed by atoms with Crippen molar-refractivity contribution in [3.8, 4) is 11.5 Å². The van der Waals surface area contributed by atoms with Crippen molar-refractivity contribution in [2.75, 3.05) is 7.11 Å². The Morgan fingerprint density at radius 3 is 2.22 bits per heavy atom. The van der Waals surface area contributed by atoms with Crippen molar-refractivity contribution < 1.29 is 14.6 Å². The number of benzene rings is 2. The van der Waals surface area contributed by atoms with E-state index in [4.69, 9.17) is 9.84 Å². The summed E-state index contributed by atoms with van der Waals surface area (Å²) in [5.74, 6) is 0.982. The van der Waals surface area contributed by atoms with Crippen LogP contribution in [-0.2, 0) is 6.42 Å². The Hall–Kier alpha value is -2.29. The maximum absolute atomic E-state index is 12.0. The van der Waals surface area contributed by atoms with Crippen LogP contribution < -0.4 is 4.74 Å². The van der Waals surface area contributed by atoms with Crippen molar-refractivity contribution in [2.45, 2.75) is 6.42 Å². The highest BCUT2D eigenvalue weighted by atomic mass is 16.5. The highest BCUT2D eigenvalue weighted by Crippen LogP contribution is 2.15. The molecule has 92 valence electrons. The van der Waals surface area contributed by atoms with Crippen LogP contribution >= 0.6 is 0 Å². The van der Waals surface area contributed by atoms with Crippen molar-refractivity contribution in [2.24, 2.45) is 0 Å². The minimum Gasteiger partial charge on any atom is -0.508 e. The SMILES string of the molecule is COc1ccc(C(=O)Cc2ccc(O)cc2)cc1. The van der Waals surface area contributed by atoms with Gasteiger partial charge in [0.05, 0.1) is 7.11 Å². The summed E-state index contributed by atoms with van der Waals surface area (Å²) in [6, 6.07) is 13.7. The average molecular weight is 242 g/mol. The van der Waals surface area contributed by atoms with Crippen molar-refractivity contribution >= 4 is 5.78 Å². The molecule has 0 unspecified atom stereocenters. The van der Waals surface area contributed by atoms with E-state index in [9.17, 15) is 4.79 Å². The summed E-state index contributed by atoms with van der Waals surface area (Å²) in [6.45, 7) is 0. The Kier molecular flexibility index (Phi) is 3.63. The number of phenolic OH excluding ortho intramolecular Hbond substituents is 1. The second-order valence-corrected chi connectivity index (χ2v) is 3.99. The summed E-state index contributed by atoms with van der Waals surface area (Å²) < 4.78 is 5.04. The third kappa shape index (κ3) is 2.88. The fourth-order valence-electron chi connectivity index (χ4n) is 1.68. The molecule has 0 aliphatic rings. The number of ketones is 1. The molecule has 0 aliphatic carbocycles. The van der Waals surface area contributed by atoms with E-state index in [1.165, 1.54) is 0 Å². The van der Waals surface area contributed by atoms with Gasteiger partial charge in [-0.15, -0.1) is 0 Å². The topological polar surface area (TPSA) is 46.5 Å². The van der Waals surface area contributed by atoms with Crippen LogP contribution in [0, 0.1) is 0 Å². The molecule has 0 saturated heterocycles. The van der Waals surface area contributed by atoms with Crippen LogP contribution in [0.4, 0.5) is 0 Å². The molecule has 3 nitrogen and oxygen atoms in total. The molecule has 0 bridgehead atoms.